The van der Waals surface area contributed by atoms with Gasteiger partial charge in [-0.2, -0.15) is 0 Å². The second-order valence-corrected chi connectivity index (χ2v) is 9.79. The molecule has 158 valence electrons. The van der Waals surface area contributed by atoms with Gasteiger partial charge in [0.1, 0.15) is 0 Å². The summed E-state index contributed by atoms with van der Waals surface area (Å²) >= 11 is 1.19. The molecule has 2 amide bonds. The second kappa shape index (κ2) is 8.37. The SMILES string of the molecule is Cc1cc(C)cc(NC(=O)Nc2ccc3nc(NS(=O)(=O)c4ccccc4)sc3c2)c1. The summed E-state index contributed by atoms with van der Waals surface area (Å²) in [5, 5.41) is 5.88. The van der Waals surface area contributed by atoms with E-state index >= 15 is 0 Å². The van der Waals surface area contributed by atoms with Gasteiger partial charge in [-0.05, 0) is 67.4 Å². The van der Waals surface area contributed by atoms with Crippen LogP contribution in [0.4, 0.5) is 21.3 Å². The number of benzene rings is 3. The summed E-state index contributed by atoms with van der Waals surface area (Å²) in [5.74, 6) is 0. The van der Waals surface area contributed by atoms with E-state index < -0.39 is 10.0 Å². The summed E-state index contributed by atoms with van der Waals surface area (Å²) in [5.41, 5.74) is 4.05. The second-order valence-electron chi connectivity index (χ2n) is 7.08. The fourth-order valence-corrected chi connectivity index (χ4v) is 5.32. The molecular formula is C22H20N4O3S2. The lowest BCUT2D eigenvalue weighted by atomic mass is 10.1. The summed E-state index contributed by atoms with van der Waals surface area (Å²) in [6.45, 7) is 3.94. The molecule has 7 nitrogen and oxygen atoms in total. The Labute approximate surface area is 184 Å². The van der Waals surface area contributed by atoms with E-state index in [1.165, 1.54) is 23.5 Å². The Morgan fingerprint density at radius 3 is 2.26 bits per heavy atom. The van der Waals surface area contributed by atoms with Crippen molar-refractivity contribution in [2.45, 2.75) is 18.7 Å². The lowest BCUT2D eigenvalue weighted by Gasteiger charge is -2.09. The molecule has 0 unspecified atom stereocenters. The third-order valence-corrected chi connectivity index (χ3v) is 6.82. The first-order valence-electron chi connectivity index (χ1n) is 9.43. The summed E-state index contributed by atoms with van der Waals surface area (Å²) in [7, 11) is -3.71. The predicted octanol–water partition coefficient (Wildman–Crippen LogP) is 5.36. The minimum atomic E-state index is -3.71. The fraction of sp³-hybridized carbons (Fsp3) is 0.0909. The molecule has 0 spiro atoms. The molecule has 0 aliphatic rings. The van der Waals surface area contributed by atoms with Crippen LogP contribution < -0.4 is 15.4 Å². The molecule has 31 heavy (non-hydrogen) atoms. The topological polar surface area (TPSA) is 100 Å². The van der Waals surface area contributed by atoms with Crippen LogP contribution in [-0.4, -0.2) is 19.4 Å². The molecule has 1 aromatic heterocycles. The van der Waals surface area contributed by atoms with Gasteiger partial charge in [0.15, 0.2) is 5.13 Å². The third kappa shape index (κ3) is 5.01. The molecule has 0 radical (unpaired) electrons. The van der Waals surface area contributed by atoms with E-state index in [1.54, 1.807) is 36.4 Å². The number of amides is 2. The first-order chi connectivity index (χ1) is 14.8. The maximum Gasteiger partial charge on any atom is 0.323 e. The van der Waals surface area contributed by atoms with Gasteiger partial charge in [0.2, 0.25) is 0 Å². The van der Waals surface area contributed by atoms with Crippen molar-refractivity contribution < 1.29 is 13.2 Å². The number of anilines is 3. The standard InChI is InChI=1S/C22H20N4O3S2/c1-14-10-15(2)12-17(11-14)24-21(27)23-16-8-9-19-20(13-16)30-22(25-19)26-31(28,29)18-6-4-3-5-7-18/h3-13H,1-2H3,(H,25,26)(H2,23,24,27). The van der Waals surface area contributed by atoms with Gasteiger partial charge < -0.3 is 10.6 Å². The fourth-order valence-electron chi connectivity index (χ4n) is 3.16. The molecule has 0 fully saturated rings. The zero-order valence-electron chi connectivity index (χ0n) is 16.8. The van der Waals surface area contributed by atoms with Crippen LogP contribution in [0.25, 0.3) is 10.2 Å². The van der Waals surface area contributed by atoms with Gasteiger partial charge in [0.05, 0.1) is 15.1 Å². The highest BCUT2D eigenvalue weighted by molar-refractivity contribution is 7.93. The van der Waals surface area contributed by atoms with Gasteiger partial charge in [-0.15, -0.1) is 0 Å². The van der Waals surface area contributed by atoms with Gasteiger partial charge in [-0.25, -0.2) is 18.2 Å². The minimum absolute atomic E-state index is 0.166. The highest BCUT2D eigenvalue weighted by Gasteiger charge is 2.16. The van der Waals surface area contributed by atoms with E-state index in [4.69, 9.17) is 0 Å². The number of fused-ring (bicyclic) bond motifs is 1. The lowest BCUT2D eigenvalue weighted by molar-refractivity contribution is 0.262. The molecule has 0 aliphatic heterocycles. The first-order valence-corrected chi connectivity index (χ1v) is 11.7. The van der Waals surface area contributed by atoms with E-state index in [-0.39, 0.29) is 16.1 Å². The van der Waals surface area contributed by atoms with E-state index in [0.29, 0.717) is 16.9 Å². The van der Waals surface area contributed by atoms with Crippen molar-refractivity contribution >= 4 is 54.1 Å². The Bertz CT molecular complexity index is 1350. The van der Waals surface area contributed by atoms with E-state index in [9.17, 15) is 13.2 Å². The quantitative estimate of drug-likeness (QED) is 0.380. The summed E-state index contributed by atoms with van der Waals surface area (Å²) in [6, 6.07) is 18.8. The molecule has 0 aliphatic carbocycles. The zero-order valence-corrected chi connectivity index (χ0v) is 18.5. The van der Waals surface area contributed by atoms with Crippen LogP contribution in [0.15, 0.2) is 71.6 Å². The Morgan fingerprint density at radius 2 is 1.55 bits per heavy atom. The Balaban J connectivity index is 1.49. The third-order valence-electron chi connectivity index (χ3n) is 4.40. The van der Waals surface area contributed by atoms with Crippen molar-refractivity contribution in [3.63, 3.8) is 0 Å². The van der Waals surface area contributed by atoms with Gasteiger partial charge >= 0.3 is 6.03 Å². The molecule has 1 heterocycles. The highest BCUT2D eigenvalue weighted by atomic mass is 32.2. The number of aromatic nitrogens is 1. The van der Waals surface area contributed by atoms with Gasteiger partial charge in [-0.1, -0.05) is 35.6 Å². The highest BCUT2D eigenvalue weighted by Crippen LogP contribution is 2.30. The Kier molecular flexibility index (Phi) is 5.62. The predicted molar refractivity (Wildman–Crippen MR) is 125 cm³/mol. The lowest BCUT2D eigenvalue weighted by Crippen LogP contribution is -2.19. The number of hydrogen-bond acceptors (Lipinski definition) is 5. The van der Waals surface area contributed by atoms with Crippen LogP contribution in [0.1, 0.15) is 11.1 Å². The number of hydrogen-bond donors (Lipinski definition) is 3. The molecule has 0 bridgehead atoms. The van der Waals surface area contributed by atoms with Crippen LogP contribution in [0.2, 0.25) is 0 Å². The van der Waals surface area contributed by atoms with Crippen molar-refractivity contribution in [1.29, 1.82) is 0 Å². The molecule has 3 N–H and O–H groups in total. The number of nitrogens with zero attached hydrogens (tertiary/aromatic N) is 1. The van der Waals surface area contributed by atoms with Gasteiger partial charge in [-0.3, -0.25) is 4.72 Å². The van der Waals surface area contributed by atoms with Crippen LogP contribution >= 0.6 is 11.3 Å². The van der Waals surface area contributed by atoms with Crippen LogP contribution in [0.3, 0.4) is 0 Å². The first kappa shape index (κ1) is 20.8. The van der Waals surface area contributed by atoms with Gasteiger partial charge in [0.25, 0.3) is 10.0 Å². The summed E-state index contributed by atoms with van der Waals surface area (Å²) < 4.78 is 28.3. The molecule has 0 saturated carbocycles. The molecule has 0 atom stereocenters. The largest absolute Gasteiger partial charge is 0.323 e. The van der Waals surface area contributed by atoms with Gasteiger partial charge in [0, 0.05) is 11.4 Å². The van der Waals surface area contributed by atoms with E-state index in [2.05, 4.69) is 20.3 Å². The van der Waals surface area contributed by atoms with Crippen molar-refractivity contribution in [2.24, 2.45) is 0 Å². The van der Waals surface area contributed by atoms with Crippen molar-refractivity contribution in [2.75, 3.05) is 15.4 Å². The van der Waals surface area contributed by atoms with Crippen molar-refractivity contribution in [3.8, 4) is 0 Å². The number of carbonyl (C=O) groups is 1. The normalized spacial score (nSPS) is 11.3. The Morgan fingerprint density at radius 1 is 0.871 bits per heavy atom. The summed E-state index contributed by atoms with van der Waals surface area (Å²) in [6.07, 6.45) is 0. The molecule has 3 aromatic carbocycles. The Hall–Kier alpha value is -3.43. The number of urea groups is 1. The number of sulfonamides is 1. The van der Waals surface area contributed by atoms with Crippen LogP contribution in [-0.2, 0) is 10.0 Å². The van der Waals surface area contributed by atoms with Crippen LogP contribution in [0, 0.1) is 13.8 Å². The summed E-state index contributed by atoms with van der Waals surface area (Å²) in [4.78, 5) is 16.9. The number of aryl methyl sites for hydroxylation is 2. The molecule has 4 rings (SSSR count). The van der Waals surface area contributed by atoms with E-state index in [1.807, 2.05) is 32.0 Å². The van der Waals surface area contributed by atoms with Crippen LogP contribution in [0.5, 0.6) is 0 Å². The minimum Gasteiger partial charge on any atom is -0.308 e. The monoisotopic (exact) mass is 452 g/mol. The van der Waals surface area contributed by atoms with E-state index in [0.717, 1.165) is 15.8 Å². The number of thiazole rings is 1. The molecule has 9 heteroatoms. The average Bonchev–Trinajstić information content (AvgIpc) is 3.08. The number of carbonyl (C=O) groups excluding carboxylic acids is 1. The zero-order chi connectivity index (χ0) is 22.0. The maximum absolute atomic E-state index is 12.5. The van der Waals surface area contributed by atoms with Crippen molar-refractivity contribution in [3.05, 3.63) is 77.9 Å². The van der Waals surface area contributed by atoms with Crippen molar-refractivity contribution in [1.82, 2.24) is 4.98 Å². The number of rotatable bonds is 5. The maximum atomic E-state index is 12.5. The smallest absolute Gasteiger partial charge is 0.308 e. The molecule has 0 saturated heterocycles. The number of nitrogens with one attached hydrogen (secondary N) is 3. The average molecular weight is 453 g/mol. The molecule has 4 aromatic rings. The molecular weight excluding hydrogens is 432 g/mol.